The number of ether oxygens (including phenoxy) is 1. The first kappa shape index (κ1) is 25.1. The van der Waals surface area contributed by atoms with Crippen molar-refractivity contribution < 1.29 is 28.2 Å². The highest BCUT2D eigenvalue weighted by atomic mass is 19.2. The van der Waals surface area contributed by atoms with Crippen molar-refractivity contribution in [2.75, 3.05) is 19.7 Å². The summed E-state index contributed by atoms with van der Waals surface area (Å²) in [6.45, 7) is 8.36. The van der Waals surface area contributed by atoms with Crippen LogP contribution in [0.5, 0.6) is 0 Å². The summed E-state index contributed by atoms with van der Waals surface area (Å²) in [5.41, 5.74) is 0.754. The van der Waals surface area contributed by atoms with E-state index >= 15 is 0 Å². The largest absolute Gasteiger partial charge is 0.446 e. The fourth-order valence-corrected chi connectivity index (χ4v) is 5.67. The van der Waals surface area contributed by atoms with Crippen molar-refractivity contribution in [2.45, 2.75) is 55.8 Å². The van der Waals surface area contributed by atoms with Gasteiger partial charge in [-0.3, -0.25) is 4.90 Å². The van der Waals surface area contributed by atoms with Gasteiger partial charge in [-0.25, -0.2) is 28.1 Å². The summed E-state index contributed by atoms with van der Waals surface area (Å²) in [6.07, 6.45) is 2.72. The second-order valence-electron chi connectivity index (χ2n) is 9.99. The quantitative estimate of drug-likeness (QED) is 0.586. The molecular formula is C27H28F2N4O4. The topological polar surface area (TPSA) is 86.5 Å². The number of hydrogen-bond acceptors (Lipinski definition) is 5. The second kappa shape index (κ2) is 10.1. The molecule has 2 heterocycles. The summed E-state index contributed by atoms with van der Waals surface area (Å²) < 4.78 is 32.1. The number of carbonyl (C=O) groups is 2. The molecule has 2 aliphatic heterocycles. The molecule has 0 bridgehead atoms. The van der Waals surface area contributed by atoms with Crippen molar-refractivity contribution in [3.8, 4) is 0 Å². The van der Waals surface area contributed by atoms with E-state index in [1.54, 1.807) is 12.1 Å². The van der Waals surface area contributed by atoms with Gasteiger partial charge in [-0.15, -0.1) is 0 Å². The number of imide groups is 1. The number of aliphatic hydroxyl groups is 1. The van der Waals surface area contributed by atoms with Crippen LogP contribution in [0.4, 0.5) is 24.1 Å². The van der Waals surface area contributed by atoms with Gasteiger partial charge >= 0.3 is 12.1 Å². The first-order valence-electron chi connectivity index (χ1n) is 12.4. The molecule has 2 unspecified atom stereocenters. The standard InChI is InChI=1S/C27H28F2N4O4/c1-30-19-5-3-18(4-6-19)27(36)11-8-21(9-12-27)32-13-10-20(15-32)31-25(34)33-24(16-37-26(33)35)17-2-7-22(28)23(29)14-17/h2-7,14,20-21,24,36H,8-13,15-16H2,(H,31,34). The maximum atomic E-state index is 13.7. The van der Waals surface area contributed by atoms with Gasteiger partial charge < -0.3 is 15.2 Å². The molecule has 8 nitrogen and oxygen atoms in total. The third kappa shape index (κ3) is 5.02. The Hall–Kier alpha value is -3.55. The van der Waals surface area contributed by atoms with Gasteiger partial charge in [0.15, 0.2) is 17.3 Å². The van der Waals surface area contributed by atoms with Crippen LogP contribution in [0.3, 0.4) is 0 Å². The molecule has 10 heteroatoms. The molecule has 2 aromatic carbocycles. The molecule has 0 radical (unpaired) electrons. The molecule has 3 aliphatic rings. The Balaban J connectivity index is 1.16. The molecule has 2 atom stereocenters. The molecule has 194 valence electrons. The highest BCUT2D eigenvalue weighted by molar-refractivity contribution is 5.92. The van der Waals surface area contributed by atoms with Gasteiger partial charge in [-0.2, -0.15) is 0 Å². The number of carbonyl (C=O) groups excluding carboxylic acids is 2. The van der Waals surface area contributed by atoms with Gasteiger partial charge in [0.05, 0.1) is 12.2 Å². The molecular weight excluding hydrogens is 482 g/mol. The number of amides is 3. The molecule has 37 heavy (non-hydrogen) atoms. The zero-order valence-corrected chi connectivity index (χ0v) is 20.2. The predicted octanol–water partition coefficient (Wildman–Crippen LogP) is 4.62. The molecule has 3 amide bonds. The molecule has 0 spiro atoms. The molecule has 3 fully saturated rings. The van der Waals surface area contributed by atoms with Crippen molar-refractivity contribution in [3.05, 3.63) is 76.6 Å². The lowest BCUT2D eigenvalue weighted by molar-refractivity contribution is -0.0223. The van der Waals surface area contributed by atoms with Crippen LogP contribution in [0.2, 0.25) is 0 Å². The van der Waals surface area contributed by atoms with E-state index in [2.05, 4.69) is 15.1 Å². The summed E-state index contributed by atoms with van der Waals surface area (Å²) in [7, 11) is 0. The number of likely N-dealkylation sites (tertiary alicyclic amines) is 1. The molecule has 2 saturated heterocycles. The molecule has 2 N–H and O–H groups in total. The summed E-state index contributed by atoms with van der Waals surface area (Å²) in [5.74, 6) is -2.06. The summed E-state index contributed by atoms with van der Waals surface area (Å²) in [5, 5.41) is 14.1. The van der Waals surface area contributed by atoms with Crippen molar-refractivity contribution in [1.29, 1.82) is 0 Å². The molecule has 0 aromatic heterocycles. The fraction of sp³-hybridized carbons (Fsp3) is 0.444. The summed E-state index contributed by atoms with van der Waals surface area (Å²) >= 11 is 0. The van der Waals surface area contributed by atoms with E-state index in [1.807, 2.05) is 12.1 Å². The smallest absolute Gasteiger partial charge is 0.418 e. The van der Waals surface area contributed by atoms with E-state index in [-0.39, 0.29) is 24.3 Å². The van der Waals surface area contributed by atoms with E-state index in [0.717, 1.165) is 42.0 Å². The van der Waals surface area contributed by atoms with E-state index in [0.29, 0.717) is 31.5 Å². The van der Waals surface area contributed by atoms with E-state index in [9.17, 15) is 23.5 Å². The third-order valence-corrected chi connectivity index (χ3v) is 7.80. The highest BCUT2D eigenvalue weighted by Crippen LogP contribution is 2.40. The normalized spacial score (nSPS) is 28.1. The minimum atomic E-state index is -1.05. The number of halogens is 2. The molecule has 5 rings (SSSR count). The number of cyclic esters (lactones) is 1. The highest BCUT2D eigenvalue weighted by Gasteiger charge is 2.42. The van der Waals surface area contributed by atoms with Crippen molar-refractivity contribution in [2.24, 2.45) is 0 Å². The predicted molar refractivity (Wildman–Crippen MR) is 130 cm³/mol. The SMILES string of the molecule is [C-]#[N+]c1ccc(C2(O)CCC(N3CCC(NC(=O)N4C(=O)OCC4c4ccc(F)c(F)c4)C3)CC2)cc1. The monoisotopic (exact) mass is 510 g/mol. The average Bonchev–Trinajstić information content (AvgIpc) is 3.52. The Labute approximate surface area is 213 Å². The number of rotatable bonds is 4. The van der Waals surface area contributed by atoms with Crippen LogP contribution < -0.4 is 5.32 Å². The van der Waals surface area contributed by atoms with Crippen molar-refractivity contribution in [1.82, 2.24) is 15.1 Å². The van der Waals surface area contributed by atoms with Crippen LogP contribution >= 0.6 is 0 Å². The van der Waals surface area contributed by atoms with Gasteiger partial charge in [-0.05, 0) is 55.4 Å². The zero-order chi connectivity index (χ0) is 26.2. The van der Waals surface area contributed by atoms with Crippen molar-refractivity contribution >= 4 is 17.8 Å². The fourth-order valence-electron chi connectivity index (χ4n) is 5.67. The minimum absolute atomic E-state index is 0.125. The van der Waals surface area contributed by atoms with Crippen LogP contribution in [0.15, 0.2) is 42.5 Å². The first-order chi connectivity index (χ1) is 17.8. The van der Waals surface area contributed by atoms with Crippen LogP contribution in [0.25, 0.3) is 4.85 Å². The Morgan fingerprint density at radius 1 is 1.11 bits per heavy atom. The van der Waals surface area contributed by atoms with E-state index in [4.69, 9.17) is 11.3 Å². The first-order valence-corrected chi connectivity index (χ1v) is 12.4. The minimum Gasteiger partial charge on any atom is -0.446 e. The van der Waals surface area contributed by atoms with Crippen LogP contribution in [-0.2, 0) is 10.3 Å². The van der Waals surface area contributed by atoms with E-state index < -0.39 is 35.4 Å². The number of urea groups is 1. The average molecular weight is 511 g/mol. The Bertz CT molecular complexity index is 1220. The number of nitrogens with zero attached hydrogens (tertiary/aromatic N) is 3. The number of nitrogens with one attached hydrogen (secondary N) is 1. The van der Waals surface area contributed by atoms with Crippen molar-refractivity contribution in [3.63, 3.8) is 0 Å². The maximum Gasteiger partial charge on any atom is 0.418 e. The molecule has 1 saturated carbocycles. The van der Waals surface area contributed by atoms with Gasteiger partial charge in [0, 0.05) is 25.2 Å². The maximum absolute atomic E-state index is 13.7. The summed E-state index contributed by atoms with van der Waals surface area (Å²) in [4.78, 5) is 31.9. The Morgan fingerprint density at radius 2 is 1.84 bits per heavy atom. The number of benzene rings is 2. The third-order valence-electron chi connectivity index (χ3n) is 7.80. The van der Waals surface area contributed by atoms with Crippen LogP contribution in [-0.4, -0.2) is 58.8 Å². The summed E-state index contributed by atoms with van der Waals surface area (Å²) in [6, 6.07) is 9.04. The van der Waals surface area contributed by atoms with Gasteiger partial charge in [-0.1, -0.05) is 30.3 Å². The van der Waals surface area contributed by atoms with Gasteiger partial charge in [0.1, 0.15) is 12.6 Å². The lowest BCUT2D eigenvalue weighted by atomic mass is 9.77. The number of hydrogen-bond donors (Lipinski definition) is 2. The molecule has 1 aliphatic carbocycles. The van der Waals surface area contributed by atoms with E-state index in [1.165, 1.54) is 6.07 Å². The van der Waals surface area contributed by atoms with Crippen LogP contribution in [0, 0.1) is 18.2 Å². The lowest BCUT2D eigenvalue weighted by Gasteiger charge is -2.40. The van der Waals surface area contributed by atoms with Crippen LogP contribution in [0.1, 0.15) is 49.3 Å². The van der Waals surface area contributed by atoms with Gasteiger partial charge in [0.2, 0.25) is 0 Å². The van der Waals surface area contributed by atoms with Gasteiger partial charge in [0.25, 0.3) is 0 Å². The second-order valence-corrected chi connectivity index (χ2v) is 9.99. The molecule has 2 aromatic rings. The Morgan fingerprint density at radius 3 is 2.51 bits per heavy atom. The zero-order valence-electron chi connectivity index (χ0n) is 20.2. The lowest BCUT2D eigenvalue weighted by Crippen LogP contribution is -2.48. The Kier molecular flexibility index (Phi) is 6.84.